The van der Waals surface area contributed by atoms with Crippen LogP contribution >= 0.6 is 0 Å². The van der Waals surface area contributed by atoms with Crippen LogP contribution in [0.3, 0.4) is 0 Å². The molecule has 3 aliphatic rings. The fraction of sp³-hybridized carbons (Fsp3) is 0.180. The molecular weight excluding hydrogens is 657 g/mol. The highest BCUT2D eigenvalue weighted by molar-refractivity contribution is 5.87. The fourth-order valence-corrected chi connectivity index (χ4v) is 7.85. The Bertz CT molecular complexity index is 2270. The average molecular weight is 705 g/mol. The van der Waals surface area contributed by atoms with Gasteiger partial charge in [0.05, 0.1) is 17.1 Å². The predicted molar refractivity (Wildman–Crippen MR) is 231 cm³/mol. The second-order valence-electron chi connectivity index (χ2n) is 14.4. The first-order valence-corrected chi connectivity index (χ1v) is 19.4. The quantitative estimate of drug-likeness (QED) is 0.128. The number of allylic oxidation sites excluding steroid dienone is 9. The van der Waals surface area contributed by atoms with Crippen LogP contribution in [0, 0.1) is 11.8 Å². The minimum absolute atomic E-state index is 0.640. The number of anilines is 3. The summed E-state index contributed by atoms with van der Waals surface area (Å²) in [6.07, 6.45) is 29.0. The lowest BCUT2D eigenvalue weighted by Crippen LogP contribution is -2.16. The van der Waals surface area contributed by atoms with Gasteiger partial charge in [0.1, 0.15) is 0 Å². The predicted octanol–water partition coefficient (Wildman–Crippen LogP) is 12.8. The molecule has 4 nitrogen and oxygen atoms in total. The van der Waals surface area contributed by atoms with E-state index < -0.39 is 0 Å². The van der Waals surface area contributed by atoms with Gasteiger partial charge < -0.3 is 16.4 Å². The van der Waals surface area contributed by atoms with Crippen molar-refractivity contribution in [1.29, 1.82) is 0 Å². The van der Waals surface area contributed by atoms with Crippen molar-refractivity contribution >= 4 is 28.7 Å². The Balaban J connectivity index is 1.01. The Morgan fingerprint density at radius 1 is 0.704 bits per heavy atom. The number of nitrogens with one attached hydrogen (secondary N) is 2. The molecule has 0 aliphatic heterocycles. The van der Waals surface area contributed by atoms with Crippen molar-refractivity contribution in [2.75, 3.05) is 22.9 Å². The zero-order chi connectivity index (χ0) is 36.5. The van der Waals surface area contributed by atoms with Crippen LogP contribution in [0.4, 0.5) is 17.1 Å². The molecule has 0 saturated carbocycles. The van der Waals surface area contributed by atoms with Crippen LogP contribution in [0.15, 0.2) is 170 Å². The van der Waals surface area contributed by atoms with Gasteiger partial charge in [-0.3, -0.25) is 0 Å². The van der Waals surface area contributed by atoms with Gasteiger partial charge in [0.15, 0.2) is 0 Å². The SMILES string of the molecule is Nc1ccc(C2=CCC(C3C=CC=CC3)CC2)nc1/C=C\CNc1ccc(-c2ccc(NC3=CCCC=C3)c(-c3ccccc3)c2)cc1-c1ccccc1. The molecule has 1 heterocycles. The standard InChI is InChI=1S/C50H48N4/c51-46-29-32-47(40-25-23-37(24-26-40)36-14-5-1-6-15-36)54-50(46)22-13-33-52-48-30-27-41(34-44(48)38-16-7-2-8-17-38)42-28-31-49(53-43-20-11-4-12-21-43)45(35-42)39-18-9-3-10-19-39/h1-3,5-11,13-14,16-22,25,27-32,34-37,52-53H,4,12,15,23-24,26,33,51H2/b22-13-. The summed E-state index contributed by atoms with van der Waals surface area (Å²) in [5, 5.41) is 7.37. The van der Waals surface area contributed by atoms with Crippen LogP contribution in [-0.4, -0.2) is 11.5 Å². The Labute approximate surface area is 320 Å². The van der Waals surface area contributed by atoms with Crippen molar-refractivity contribution < 1.29 is 0 Å². The number of nitrogens with zero attached hydrogens (tertiary/aromatic N) is 1. The monoisotopic (exact) mass is 704 g/mol. The molecule has 4 heteroatoms. The summed E-state index contributed by atoms with van der Waals surface area (Å²) < 4.78 is 0. The van der Waals surface area contributed by atoms with Gasteiger partial charge in [0, 0.05) is 34.7 Å². The van der Waals surface area contributed by atoms with E-state index in [2.05, 4.69) is 168 Å². The van der Waals surface area contributed by atoms with E-state index in [0.29, 0.717) is 24.1 Å². The van der Waals surface area contributed by atoms with Crippen LogP contribution in [0.1, 0.15) is 49.9 Å². The van der Waals surface area contributed by atoms with Gasteiger partial charge in [-0.05, 0) is 127 Å². The molecule has 268 valence electrons. The van der Waals surface area contributed by atoms with E-state index in [1.807, 2.05) is 12.1 Å². The number of aromatic nitrogens is 1. The first-order valence-electron chi connectivity index (χ1n) is 19.4. The number of nitrogen functional groups attached to an aromatic ring is 1. The summed E-state index contributed by atoms with van der Waals surface area (Å²) in [4.78, 5) is 5.01. The minimum atomic E-state index is 0.640. The third-order valence-corrected chi connectivity index (χ3v) is 10.9. The molecule has 2 unspecified atom stereocenters. The second-order valence-corrected chi connectivity index (χ2v) is 14.4. The van der Waals surface area contributed by atoms with Gasteiger partial charge in [-0.1, -0.05) is 121 Å². The fourth-order valence-electron chi connectivity index (χ4n) is 7.85. The smallest absolute Gasteiger partial charge is 0.0863 e. The van der Waals surface area contributed by atoms with Crippen molar-refractivity contribution in [3.63, 3.8) is 0 Å². The van der Waals surface area contributed by atoms with Crippen LogP contribution < -0.4 is 16.4 Å². The highest BCUT2D eigenvalue weighted by atomic mass is 14.9. The topological polar surface area (TPSA) is 63.0 Å². The average Bonchev–Trinajstić information content (AvgIpc) is 3.24. The Kier molecular flexibility index (Phi) is 10.8. The first kappa shape index (κ1) is 34.9. The molecule has 3 aliphatic carbocycles. The van der Waals surface area contributed by atoms with E-state index in [1.165, 1.54) is 39.8 Å². The lowest BCUT2D eigenvalue weighted by Gasteiger charge is -2.28. The van der Waals surface area contributed by atoms with Crippen molar-refractivity contribution in [2.45, 2.75) is 38.5 Å². The van der Waals surface area contributed by atoms with Gasteiger partial charge in [-0.2, -0.15) is 0 Å². The molecule has 0 bridgehead atoms. The van der Waals surface area contributed by atoms with Crippen LogP contribution in [0.2, 0.25) is 0 Å². The van der Waals surface area contributed by atoms with Gasteiger partial charge in [0.2, 0.25) is 0 Å². The molecule has 4 N–H and O–H groups in total. The Morgan fingerprint density at radius 3 is 2.11 bits per heavy atom. The maximum atomic E-state index is 6.43. The van der Waals surface area contributed by atoms with E-state index >= 15 is 0 Å². The molecule has 8 rings (SSSR count). The molecule has 0 saturated heterocycles. The molecule has 0 spiro atoms. The zero-order valence-corrected chi connectivity index (χ0v) is 30.8. The molecule has 2 atom stereocenters. The molecule has 0 radical (unpaired) electrons. The molecule has 0 amide bonds. The van der Waals surface area contributed by atoms with Crippen molar-refractivity contribution in [3.05, 3.63) is 181 Å². The summed E-state index contributed by atoms with van der Waals surface area (Å²) in [5.74, 6) is 1.36. The van der Waals surface area contributed by atoms with Gasteiger partial charge in [-0.15, -0.1) is 0 Å². The maximum absolute atomic E-state index is 6.43. The number of nitrogens with two attached hydrogens (primary N) is 1. The van der Waals surface area contributed by atoms with Crippen LogP contribution in [0.5, 0.6) is 0 Å². The van der Waals surface area contributed by atoms with Gasteiger partial charge in [-0.25, -0.2) is 4.98 Å². The van der Waals surface area contributed by atoms with Gasteiger partial charge in [0.25, 0.3) is 0 Å². The van der Waals surface area contributed by atoms with Crippen LogP contribution in [-0.2, 0) is 0 Å². The summed E-state index contributed by atoms with van der Waals surface area (Å²) in [7, 11) is 0. The maximum Gasteiger partial charge on any atom is 0.0863 e. The lowest BCUT2D eigenvalue weighted by molar-refractivity contribution is 0.368. The largest absolute Gasteiger partial charge is 0.397 e. The lowest BCUT2D eigenvalue weighted by atomic mass is 9.77. The summed E-state index contributed by atoms with van der Waals surface area (Å²) >= 11 is 0. The third kappa shape index (κ3) is 8.24. The third-order valence-electron chi connectivity index (χ3n) is 10.9. The highest BCUT2D eigenvalue weighted by Gasteiger charge is 2.23. The minimum Gasteiger partial charge on any atom is -0.397 e. The van der Waals surface area contributed by atoms with Crippen molar-refractivity contribution in [1.82, 2.24) is 4.98 Å². The number of hydrogen-bond acceptors (Lipinski definition) is 4. The van der Waals surface area contributed by atoms with E-state index in [0.717, 1.165) is 66.1 Å². The van der Waals surface area contributed by atoms with Gasteiger partial charge >= 0.3 is 0 Å². The molecule has 5 aromatic rings. The van der Waals surface area contributed by atoms with E-state index in [1.54, 1.807) is 0 Å². The molecular formula is C50H48N4. The molecule has 1 aromatic heterocycles. The zero-order valence-electron chi connectivity index (χ0n) is 30.8. The molecule has 54 heavy (non-hydrogen) atoms. The summed E-state index contributed by atoms with van der Waals surface area (Å²) in [5.41, 5.74) is 20.7. The Morgan fingerprint density at radius 2 is 1.44 bits per heavy atom. The number of benzene rings is 4. The highest BCUT2D eigenvalue weighted by Crippen LogP contribution is 2.39. The number of hydrogen-bond donors (Lipinski definition) is 3. The number of pyridine rings is 1. The molecule has 4 aromatic carbocycles. The van der Waals surface area contributed by atoms with E-state index in [4.69, 9.17) is 10.7 Å². The summed E-state index contributed by atoms with van der Waals surface area (Å²) in [6, 6.07) is 38.8. The van der Waals surface area contributed by atoms with E-state index in [9.17, 15) is 0 Å². The second kappa shape index (κ2) is 16.7. The molecule has 0 fully saturated rings. The van der Waals surface area contributed by atoms with Crippen LogP contribution in [0.25, 0.3) is 45.0 Å². The van der Waals surface area contributed by atoms with Crippen molar-refractivity contribution in [3.8, 4) is 33.4 Å². The van der Waals surface area contributed by atoms with E-state index in [-0.39, 0.29) is 0 Å². The summed E-state index contributed by atoms with van der Waals surface area (Å²) in [6.45, 7) is 0.640. The van der Waals surface area contributed by atoms with Crippen molar-refractivity contribution in [2.24, 2.45) is 11.8 Å². The number of rotatable bonds is 11. The Hall–Kier alpha value is -6.13. The normalized spacial score (nSPS) is 18.0. The first-order chi connectivity index (χ1) is 26.7.